The normalized spacial score (nSPS) is 15.5. The smallest absolute Gasteiger partial charge is 0.294 e. The quantitative estimate of drug-likeness (QED) is 0.715. The Bertz CT molecular complexity index is 981. The van der Waals surface area contributed by atoms with Gasteiger partial charge in [0.05, 0.1) is 9.93 Å². The Labute approximate surface area is 168 Å². The summed E-state index contributed by atoms with van der Waals surface area (Å²) in [5, 5.41) is 2.19. The van der Waals surface area contributed by atoms with Gasteiger partial charge in [0.1, 0.15) is 12.4 Å². The number of nitrogens with zero attached hydrogens (tertiary/aromatic N) is 1. The number of hydrogen-bond donors (Lipinski definition) is 1. The predicted molar refractivity (Wildman–Crippen MR) is 104 cm³/mol. The van der Waals surface area contributed by atoms with Crippen molar-refractivity contribution in [3.63, 3.8) is 0 Å². The SMILES string of the molecule is O=C(CN1C(=O)S/C(=C/c2ccccc2Cl)C1=O)Nc1ccc(F)c(Cl)c1. The number of benzene rings is 2. The molecule has 0 unspecified atom stereocenters. The molecule has 2 aromatic rings. The monoisotopic (exact) mass is 424 g/mol. The molecule has 138 valence electrons. The first-order chi connectivity index (χ1) is 12.8. The second-order valence-electron chi connectivity index (χ2n) is 5.47. The van der Waals surface area contributed by atoms with Crippen LogP contribution in [0.5, 0.6) is 0 Å². The van der Waals surface area contributed by atoms with Crippen molar-refractivity contribution >= 4 is 63.8 Å². The lowest BCUT2D eigenvalue weighted by Gasteiger charge is -2.12. The van der Waals surface area contributed by atoms with Crippen molar-refractivity contribution in [3.05, 3.63) is 68.8 Å². The zero-order chi connectivity index (χ0) is 19.6. The molecular formula is C18H11Cl2FN2O3S. The third-order valence-corrected chi connectivity index (χ3v) is 5.11. The molecule has 0 aliphatic carbocycles. The van der Waals surface area contributed by atoms with Crippen LogP contribution >= 0.6 is 35.0 Å². The molecule has 0 saturated carbocycles. The van der Waals surface area contributed by atoms with E-state index in [4.69, 9.17) is 23.2 Å². The van der Waals surface area contributed by atoms with Crippen LogP contribution in [0.4, 0.5) is 14.9 Å². The minimum absolute atomic E-state index is 0.151. The van der Waals surface area contributed by atoms with Crippen molar-refractivity contribution in [1.29, 1.82) is 0 Å². The second-order valence-corrected chi connectivity index (χ2v) is 7.27. The molecule has 1 aliphatic rings. The molecule has 0 radical (unpaired) electrons. The average molecular weight is 425 g/mol. The Kier molecular flexibility index (Phi) is 5.84. The number of imide groups is 1. The van der Waals surface area contributed by atoms with E-state index in [1.165, 1.54) is 18.2 Å². The Balaban J connectivity index is 1.71. The summed E-state index contributed by atoms with van der Waals surface area (Å²) in [5.74, 6) is -1.82. The van der Waals surface area contributed by atoms with E-state index in [2.05, 4.69) is 5.32 Å². The number of rotatable bonds is 4. The summed E-state index contributed by atoms with van der Waals surface area (Å²) >= 11 is 12.4. The molecule has 0 atom stereocenters. The van der Waals surface area contributed by atoms with Crippen LogP contribution in [0.25, 0.3) is 6.08 Å². The standard InChI is InChI=1S/C18H11Cl2FN2O3S/c19-12-4-2-1-3-10(12)7-15-17(25)23(18(26)27-15)9-16(24)22-11-5-6-14(21)13(20)8-11/h1-8H,9H2,(H,22,24)/b15-7+. The molecule has 0 aromatic heterocycles. The zero-order valence-corrected chi connectivity index (χ0v) is 15.9. The van der Waals surface area contributed by atoms with E-state index >= 15 is 0 Å². The predicted octanol–water partition coefficient (Wildman–Crippen LogP) is 4.81. The molecule has 1 fully saturated rings. The van der Waals surface area contributed by atoms with Crippen LogP contribution in [0.2, 0.25) is 10.0 Å². The van der Waals surface area contributed by atoms with Crippen molar-refractivity contribution < 1.29 is 18.8 Å². The van der Waals surface area contributed by atoms with Crippen molar-refractivity contribution in [2.45, 2.75) is 0 Å². The summed E-state index contributed by atoms with van der Waals surface area (Å²) < 4.78 is 13.2. The fraction of sp³-hybridized carbons (Fsp3) is 0.0556. The zero-order valence-electron chi connectivity index (χ0n) is 13.5. The van der Waals surface area contributed by atoms with E-state index < -0.39 is 29.4 Å². The summed E-state index contributed by atoms with van der Waals surface area (Å²) in [7, 11) is 0. The fourth-order valence-electron chi connectivity index (χ4n) is 2.29. The molecule has 5 nitrogen and oxygen atoms in total. The fourth-order valence-corrected chi connectivity index (χ4v) is 3.49. The molecule has 1 N–H and O–H groups in total. The van der Waals surface area contributed by atoms with Crippen LogP contribution in [0.1, 0.15) is 5.56 Å². The highest BCUT2D eigenvalue weighted by Crippen LogP contribution is 2.33. The number of anilines is 1. The van der Waals surface area contributed by atoms with Gasteiger partial charge in [-0.15, -0.1) is 0 Å². The van der Waals surface area contributed by atoms with Crippen LogP contribution in [0, 0.1) is 5.82 Å². The Morgan fingerprint density at radius 3 is 2.59 bits per heavy atom. The summed E-state index contributed by atoms with van der Waals surface area (Å²) in [6.07, 6.45) is 1.50. The number of thioether (sulfide) groups is 1. The number of hydrogen-bond acceptors (Lipinski definition) is 4. The summed E-state index contributed by atoms with van der Waals surface area (Å²) in [5.41, 5.74) is 0.847. The highest BCUT2D eigenvalue weighted by Gasteiger charge is 2.36. The molecule has 3 amide bonds. The highest BCUT2D eigenvalue weighted by molar-refractivity contribution is 8.18. The van der Waals surface area contributed by atoms with Gasteiger partial charge in [-0.1, -0.05) is 41.4 Å². The maximum absolute atomic E-state index is 13.2. The van der Waals surface area contributed by atoms with E-state index in [1.54, 1.807) is 24.3 Å². The van der Waals surface area contributed by atoms with E-state index in [0.717, 1.165) is 22.7 Å². The van der Waals surface area contributed by atoms with Gasteiger partial charge in [-0.05, 0) is 47.7 Å². The van der Waals surface area contributed by atoms with Gasteiger partial charge in [0.2, 0.25) is 5.91 Å². The van der Waals surface area contributed by atoms with Gasteiger partial charge in [0.15, 0.2) is 0 Å². The molecule has 1 saturated heterocycles. The maximum Gasteiger partial charge on any atom is 0.294 e. The van der Waals surface area contributed by atoms with Gasteiger partial charge < -0.3 is 5.32 Å². The molecular weight excluding hydrogens is 414 g/mol. The largest absolute Gasteiger partial charge is 0.324 e. The van der Waals surface area contributed by atoms with Crippen molar-refractivity contribution in [1.82, 2.24) is 4.90 Å². The molecule has 3 rings (SSSR count). The molecule has 1 aliphatic heterocycles. The van der Waals surface area contributed by atoms with Crippen LogP contribution in [-0.4, -0.2) is 28.5 Å². The Hall–Kier alpha value is -2.35. The third-order valence-electron chi connectivity index (χ3n) is 3.57. The van der Waals surface area contributed by atoms with Gasteiger partial charge in [-0.2, -0.15) is 0 Å². The van der Waals surface area contributed by atoms with Crippen molar-refractivity contribution in [3.8, 4) is 0 Å². The molecule has 0 spiro atoms. The van der Waals surface area contributed by atoms with Crippen molar-refractivity contribution in [2.24, 2.45) is 0 Å². The molecule has 27 heavy (non-hydrogen) atoms. The van der Waals surface area contributed by atoms with Crippen LogP contribution < -0.4 is 5.32 Å². The average Bonchev–Trinajstić information content (AvgIpc) is 2.88. The van der Waals surface area contributed by atoms with Gasteiger partial charge in [0, 0.05) is 10.7 Å². The van der Waals surface area contributed by atoms with Crippen LogP contribution in [0.15, 0.2) is 47.4 Å². The Morgan fingerprint density at radius 1 is 1.15 bits per heavy atom. The first-order valence-corrected chi connectivity index (χ1v) is 9.17. The lowest BCUT2D eigenvalue weighted by molar-refractivity contribution is -0.127. The highest BCUT2D eigenvalue weighted by atomic mass is 35.5. The van der Waals surface area contributed by atoms with E-state index in [0.29, 0.717) is 10.6 Å². The first kappa shape index (κ1) is 19.4. The minimum Gasteiger partial charge on any atom is -0.324 e. The van der Waals surface area contributed by atoms with E-state index in [9.17, 15) is 18.8 Å². The van der Waals surface area contributed by atoms with E-state index in [-0.39, 0.29) is 15.6 Å². The van der Waals surface area contributed by atoms with Crippen molar-refractivity contribution in [2.75, 3.05) is 11.9 Å². The number of carbonyl (C=O) groups is 3. The van der Waals surface area contributed by atoms with E-state index in [1.807, 2.05) is 0 Å². The molecule has 0 bridgehead atoms. The Morgan fingerprint density at radius 2 is 1.89 bits per heavy atom. The lowest BCUT2D eigenvalue weighted by atomic mass is 10.2. The third kappa shape index (κ3) is 4.50. The summed E-state index contributed by atoms with van der Waals surface area (Å²) in [6, 6.07) is 10.5. The molecule has 2 aromatic carbocycles. The van der Waals surface area contributed by atoms with Gasteiger partial charge in [0.25, 0.3) is 11.1 Å². The van der Waals surface area contributed by atoms with Gasteiger partial charge in [-0.3, -0.25) is 19.3 Å². The summed E-state index contributed by atoms with van der Waals surface area (Å²) in [4.78, 5) is 37.7. The molecule has 9 heteroatoms. The van der Waals surface area contributed by atoms with Crippen LogP contribution in [-0.2, 0) is 9.59 Å². The van der Waals surface area contributed by atoms with Gasteiger partial charge >= 0.3 is 0 Å². The lowest BCUT2D eigenvalue weighted by Crippen LogP contribution is -2.36. The maximum atomic E-state index is 13.2. The number of halogens is 3. The first-order valence-electron chi connectivity index (χ1n) is 7.60. The topological polar surface area (TPSA) is 66.5 Å². The molecule has 1 heterocycles. The number of carbonyl (C=O) groups excluding carboxylic acids is 3. The van der Waals surface area contributed by atoms with Crippen LogP contribution in [0.3, 0.4) is 0 Å². The summed E-state index contributed by atoms with van der Waals surface area (Å²) in [6.45, 7) is -0.473. The number of nitrogens with one attached hydrogen (secondary N) is 1. The second kappa shape index (κ2) is 8.12. The van der Waals surface area contributed by atoms with Gasteiger partial charge in [-0.25, -0.2) is 4.39 Å². The number of amides is 3. The minimum atomic E-state index is -0.620.